The van der Waals surface area contributed by atoms with Gasteiger partial charge >= 0.3 is 0 Å². The first-order valence-electron chi connectivity index (χ1n) is 7.15. The van der Waals surface area contributed by atoms with Gasteiger partial charge in [-0.1, -0.05) is 30.1 Å². The predicted molar refractivity (Wildman–Crippen MR) is 97.8 cm³/mol. The number of nitrogens with zero attached hydrogens (tertiary/aromatic N) is 1. The van der Waals surface area contributed by atoms with Gasteiger partial charge in [-0.25, -0.2) is 0 Å². The summed E-state index contributed by atoms with van der Waals surface area (Å²) in [6, 6.07) is 4.83. The van der Waals surface area contributed by atoms with Crippen LogP contribution in [0, 0.1) is 0 Å². The smallest absolute Gasteiger partial charge is 0.244 e. The minimum absolute atomic E-state index is 0. The maximum atomic E-state index is 12.1. The van der Waals surface area contributed by atoms with E-state index in [2.05, 4.69) is 10.6 Å². The van der Waals surface area contributed by atoms with E-state index in [1.165, 1.54) is 0 Å². The van der Waals surface area contributed by atoms with Crippen LogP contribution in [0.25, 0.3) is 0 Å². The second-order valence-corrected chi connectivity index (χ2v) is 5.68. The molecular weight excluding hydrogens is 361 g/mol. The minimum Gasteiger partial charge on any atom is -0.333 e. The third kappa shape index (κ3) is 7.88. The number of hydrogen-bond donors (Lipinski definition) is 2. The molecule has 2 N–H and O–H groups in total. The lowest BCUT2D eigenvalue weighted by Gasteiger charge is -2.21. The zero-order chi connectivity index (χ0) is 16.5. The third-order valence-electron chi connectivity index (χ3n) is 2.97. The fourth-order valence-corrected chi connectivity index (χ4v) is 2.25. The highest BCUT2D eigenvalue weighted by molar-refractivity contribution is 6.35. The summed E-state index contributed by atoms with van der Waals surface area (Å²) in [5, 5.41) is 6.49. The number of nitrogens with one attached hydrogen (secondary N) is 2. The Labute approximate surface area is 153 Å². The van der Waals surface area contributed by atoms with Gasteiger partial charge in [-0.15, -0.1) is 12.4 Å². The van der Waals surface area contributed by atoms with Gasteiger partial charge in [0.05, 0.1) is 17.3 Å². The van der Waals surface area contributed by atoms with Crippen LogP contribution in [0.1, 0.15) is 19.8 Å². The van der Waals surface area contributed by atoms with E-state index < -0.39 is 0 Å². The van der Waals surface area contributed by atoms with Crippen LogP contribution >= 0.6 is 35.6 Å². The molecule has 0 spiro atoms. The van der Waals surface area contributed by atoms with Gasteiger partial charge in [0.15, 0.2) is 0 Å². The van der Waals surface area contributed by atoms with Crippen molar-refractivity contribution in [2.24, 2.45) is 0 Å². The Kier molecular flexibility index (Phi) is 11.0. The highest BCUT2D eigenvalue weighted by Crippen LogP contribution is 2.25. The molecule has 0 unspecified atom stereocenters. The summed E-state index contributed by atoms with van der Waals surface area (Å²) in [7, 11) is 1.78. The van der Waals surface area contributed by atoms with Gasteiger partial charge in [-0.2, -0.15) is 0 Å². The molecule has 0 bridgehead atoms. The molecule has 1 aromatic rings. The number of carbonyl (C=O) groups is 2. The van der Waals surface area contributed by atoms with Gasteiger partial charge < -0.3 is 15.5 Å². The van der Waals surface area contributed by atoms with Crippen molar-refractivity contribution in [2.45, 2.75) is 19.8 Å². The molecule has 0 aliphatic carbocycles. The Hall–Kier alpha value is -1.01. The summed E-state index contributed by atoms with van der Waals surface area (Å²) in [6.45, 7) is 3.09. The van der Waals surface area contributed by atoms with Gasteiger partial charge in [0, 0.05) is 24.5 Å². The monoisotopic (exact) mass is 381 g/mol. The second kappa shape index (κ2) is 11.5. The zero-order valence-electron chi connectivity index (χ0n) is 13.2. The van der Waals surface area contributed by atoms with Gasteiger partial charge in [0.25, 0.3) is 0 Å². The SMILES string of the molecule is CCCN(CC(=O)Nc1cc(Cl)ccc1Cl)C(=O)CCNC.Cl. The Morgan fingerprint density at radius 3 is 2.57 bits per heavy atom. The summed E-state index contributed by atoms with van der Waals surface area (Å²) >= 11 is 11.9. The van der Waals surface area contributed by atoms with Crippen molar-refractivity contribution in [2.75, 3.05) is 32.0 Å². The van der Waals surface area contributed by atoms with Crippen molar-refractivity contribution < 1.29 is 9.59 Å². The zero-order valence-corrected chi connectivity index (χ0v) is 15.5. The van der Waals surface area contributed by atoms with Gasteiger partial charge in [0.1, 0.15) is 0 Å². The topological polar surface area (TPSA) is 61.4 Å². The maximum Gasteiger partial charge on any atom is 0.244 e. The van der Waals surface area contributed by atoms with E-state index in [9.17, 15) is 9.59 Å². The molecular formula is C15H22Cl3N3O2. The highest BCUT2D eigenvalue weighted by Gasteiger charge is 2.16. The van der Waals surface area contributed by atoms with Crippen LogP contribution in [-0.2, 0) is 9.59 Å². The fraction of sp³-hybridized carbons (Fsp3) is 0.467. The summed E-state index contributed by atoms with van der Waals surface area (Å²) in [5.74, 6) is -0.348. The highest BCUT2D eigenvalue weighted by atomic mass is 35.5. The van der Waals surface area contributed by atoms with Crippen molar-refractivity contribution >= 4 is 53.1 Å². The Morgan fingerprint density at radius 2 is 1.96 bits per heavy atom. The number of hydrogen-bond acceptors (Lipinski definition) is 3. The van der Waals surface area contributed by atoms with E-state index in [0.29, 0.717) is 35.2 Å². The van der Waals surface area contributed by atoms with Crippen LogP contribution in [0.2, 0.25) is 10.0 Å². The lowest BCUT2D eigenvalue weighted by Crippen LogP contribution is -2.39. The summed E-state index contributed by atoms with van der Waals surface area (Å²) in [6.07, 6.45) is 1.15. The molecule has 8 heteroatoms. The number of amides is 2. The van der Waals surface area contributed by atoms with Gasteiger partial charge in [-0.3, -0.25) is 9.59 Å². The molecule has 0 aromatic heterocycles. The first-order chi connectivity index (χ1) is 10.5. The molecule has 2 amide bonds. The fourth-order valence-electron chi connectivity index (χ4n) is 1.91. The van der Waals surface area contributed by atoms with E-state index >= 15 is 0 Å². The predicted octanol–water partition coefficient (Wildman–Crippen LogP) is 3.20. The van der Waals surface area contributed by atoms with E-state index in [-0.39, 0.29) is 30.8 Å². The van der Waals surface area contributed by atoms with Crippen LogP contribution in [0.3, 0.4) is 0 Å². The minimum atomic E-state index is -0.296. The van der Waals surface area contributed by atoms with Gasteiger partial charge in [-0.05, 0) is 31.7 Å². The molecule has 0 aliphatic rings. The van der Waals surface area contributed by atoms with Crippen molar-refractivity contribution in [3.8, 4) is 0 Å². The molecule has 0 aliphatic heterocycles. The lowest BCUT2D eigenvalue weighted by molar-refractivity contribution is -0.134. The molecule has 5 nitrogen and oxygen atoms in total. The number of rotatable bonds is 8. The maximum absolute atomic E-state index is 12.1. The standard InChI is InChI=1S/C15H21Cl2N3O2.ClH/c1-3-8-20(15(22)6-7-18-2)10-14(21)19-13-9-11(16)4-5-12(13)17;/h4-5,9,18H,3,6-8,10H2,1-2H3,(H,19,21);1H. The number of carbonyl (C=O) groups excluding carboxylic acids is 2. The Bertz CT molecular complexity index is 527. The lowest BCUT2D eigenvalue weighted by atomic mass is 10.3. The molecule has 0 fully saturated rings. The van der Waals surface area contributed by atoms with Crippen molar-refractivity contribution in [1.82, 2.24) is 10.2 Å². The Morgan fingerprint density at radius 1 is 1.26 bits per heavy atom. The van der Waals surface area contributed by atoms with Crippen LogP contribution in [0.15, 0.2) is 18.2 Å². The molecule has 130 valence electrons. The average molecular weight is 383 g/mol. The van der Waals surface area contributed by atoms with Crippen LogP contribution < -0.4 is 10.6 Å². The molecule has 23 heavy (non-hydrogen) atoms. The van der Waals surface area contributed by atoms with E-state index in [0.717, 1.165) is 6.42 Å². The average Bonchev–Trinajstić information content (AvgIpc) is 2.48. The van der Waals surface area contributed by atoms with Crippen LogP contribution in [0.5, 0.6) is 0 Å². The quantitative estimate of drug-likeness (QED) is 0.726. The molecule has 0 radical (unpaired) electrons. The summed E-state index contributed by atoms with van der Waals surface area (Å²) in [4.78, 5) is 25.7. The number of benzene rings is 1. The van der Waals surface area contributed by atoms with E-state index in [1.807, 2.05) is 6.92 Å². The summed E-state index contributed by atoms with van der Waals surface area (Å²) < 4.78 is 0. The van der Waals surface area contributed by atoms with Crippen molar-refractivity contribution in [3.05, 3.63) is 28.2 Å². The van der Waals surface area contributed by atoms with E-state index in [4.69, 9.17) is 23.2 Å². The molecule has 0 saturated heterocycles. The first kappa shape index (κ1) is 22.0. The summed E-state index contributed by atoms with van der Waals surface area (Å²) in [5.41, 5.74) is 0.443. The van der Waals surface area contributed by atoms with Crippen LogP contribution in [0.4, 0.5) is 5.69 Å². The van der Waals surface area contributed by atoms with Crippen molar-refractivity contribution in [3.63, 3.8) is 0 Å². The van der Waals surface area contributed by atoms with E-state index in [1.54, 1.807) is 30.1 Å². The van der Waals surface area contributed by atoms with Crippen LogP contribution in [-0.4, -0.2) is 43.4 Å². The molecule has 0 heterocycles. The molecule has 0 saturated carbocycles. The second-order valence-electron chi connectivity index (χ2n) is 4.84. The molecule has 1 rings (SSSR count). The Balaban J connectivity index is 0.00000484. The third-order valence-corrected chi connectivity index (χ3v) is 3.54. The van der Waals surface area contributed by atoms with Gasteiger partial charge in [0.2, 0.25) is 11.8 Å². The number of halogens is 3. The number of anilines is 1. The molecule has 1 aromatic carbocycles. The normalized spacial score (nSPS) is 9.91. The first-order valence-corrected chi connectivity index (χ1v) is 7.90. The largest absolute Gasteiger partial charge is 0.333 e. The molecule has 0 atom stereocenters. The van der Waals surface area contributed by atoms with Crippen molar-refractivity contribution in [1.29, 1.82) is 0 Å².